The van der Waals surface area contributed by atoms with Gasteiger partial charge >= 0.3 is 0 Å². The molecule has 1 unspecified atom stereocenters. The van der Waals surface area contributed by atoms with E-state index < -0.39 is 0 Å². The molecular formula is C5H8N2O. The van der Waals surface area contributed by atoms with E-state index in [1.54, 1.807) is 0 Å². The summed E-state index contributed by atoms with van der Waals surface area (Å²) in [7, 11) is 0. The molecule has 44 valence electrons. The lowest BCUT2D eigenvalue weighted by Crippen LogP contribution is -2.21. The summed E-state index contributed by atoms with van der Waals surface area (Å²) in [6.07, 6.45) is 2.66. The van der Waals surface area contributed by atoms with Gasteiger partial charge in [0.15, 0.2) is 0 Å². The molecule has 1 aliphatic carbocycles. The average Bonchev–Trinajstić information content (AvgIpc) is 2.39. The van der Waals surface area contributed by atoms with Crippen molar-refractivity contribution in [3.05, 3.63) is 0 Å². The van der Waals surface area contributed by atoms with Crippen LogP contribution in [0.25, 0.3) is 0 Å². The SMILES string of the molecule is OC1CCCC12N=N2. The first-order valence-electron chi connectivity index (χ1n) is 2.96. The quantitative estimate of drug-likeness (QED) is 0.492. The van der Waals surface area contributed by atoms with Gasteiger partial charge in [-0.05, 0) is 19.3 Å². The fourth-order valence-electron chi connectivity index (χ4n) is 1.25. The van der Waals surface area contributed by atoms with Crippen LogP contribution in [0.4, 0.5) is 0 Å². The van der Waals surface area contributed by atoms with E-state index in [0.29, 0.717) is 0 Å². The van der Waals surface area contributed by atoms with Crippen LogP contribution in [-0.4, -0.2) is 16.9 Å². The van der Waals surface area contributed by atoms with E-state index in [1.807, 2.05) is 0 Å². The van der Waals surface area contributed by atoms with E-state index in [9.17, 15) is 0 Å². The van der Waals surface area contributed by atoms with E-state index in [2.05, 4.69) is 10.2 Å². The molecule has 1 N–H and O–H groups in total. The van der Waals surface area contributed by atoms with Crippen LogP contribution in [0, 0.1) is 0 Å². The topological polar surface area (TPSA) is 45.0 Å². The maximum absolute atomic E-state index is 9.13. The second kappa shape index (κ2) is 1.10. The van der Waals surface area contributed by atoms with Gasteiger partial charge in [-0.3, -0.25) is 0 Å². The van der Waals surface area contributed by atoms with Crippen molar-refractivity contribution in [2.75, 3.05) is 0 Å². The van der Waals surface area contributed by atoms with Crippen LogP contribution in [0.15, 0.2) is 10.2 Å². The second-order valence-corrected chi connectivity index (χ2v) is 2.49. The molecule has 3 nitrogen and oxygen atoms in total. The van der Waals surface area contributed by atoms with Crippen molar-refractivity contribution in [1.82, 2.24) is 0 Å². The van der Waals surface area contributed by atoms with Gasteiger partial charge in [-0.2, -0.15) is 10.2 Å². The first-order valence-corrected chi connectivity index (χ1v) is 2.96. The van der Waals surface area contributed by atoms with Crippen molar-refractivity contribution in [2.24, 2.45) is 10.2 Å². The number of hydrogen-bond donors (Lipinski definition) is 1. The minimum Gasteiger partial charge on any atom is -0.388 e. The lowest BCUT2D eigenvalue weighted by Gasteiger charge is -2.03. The van der Waals surface area contributed by atoms with Gasteiger partial charge in [0.25, 0.3) is 0 Å². The van der Waals surface area contributed by atoms with Gasteiger partial charge in [0, 0.05) is 0 Å². The highest BCUT2D eigenvalue weighted by Crippen LogP contribution is 2.43. The molecule has 8 heavy (non-hydrogen) atoms. The Morgan fingerprint density at radius 3 is 2.50 bits per heavy atom. The van der Waals surface area contributed by atoms with Crippen LogP contribution >= 0.6 is 0 Å². The number of nitrogens with zero attached hydrogens (tertiary/aromatic N) is 2. The molecule has 0 amide bonds. The molecule has 1 spiro atoms. The predicted octanol–water partition coefficient (Wildman–Crippen LogP) is 0.693. The number of rotatable bonds is 0. The maximum atomic E-state index is 9.13. The smallest absolute Gasteiger partial charge is 0.216 e. The minimum absolute atomic E-state index is 0.262. The molecule has 1 atom stereocenters. The zero-order valence-electron chi connectivity index (χ0n) is 4.54. The molecule has 0 saturated heterocycles. The van der Waals surface area contributed by atoms with Crippen molar-refractivity contribution in [1.29, 1.82) is 0 Å². The Labute approximate surface area is 47.4 Å². The summed E-state index contributed by atoms with van der Waals surface area (Å²) in [6.45, 7) is 0. The van der Waals surface area contributed by atoms with Crippen molar-refractivity contribution in [3.63, 3.8) is 0 Å². The van der Waals surface area contributed by atoms with Crippen molar-refractivity contribution < 1.29 is 5.11 Å². The van der Waals surface area contributed by atoms with Gasteiger partial charge < -0.3 is 5.11 Å². The summed E-state index contributed by atoms with van der Waals surface area (Å²) < 4.78 is 0. The molecule has 0 aromatic rings. The number of aliphatic hydroxyl groups is 1. The minimum atomic E-state index is -0.292. The van der Waals surface area contributed by atoms with Gasteiger partial charge in [-0.1, -0.05) is 0 Å². The van der Waals surface area contributed by atoms with Gasteiger partial charge in [0.1, 0.15) is 6.10 Å². The zero-order chi connectivity index (χ0) is 5.61. The monoisotopic (exact) mass is 112 g/mol. The second-order valence-electron chi connectivity index (χ2n) is 2.49. The summed E-state index contributed by atoms with van der Waals surface area (Å²) in [4.78, 5) is 0. The molecule has 1 aliphatic heterocycles. The van der Waals surface area contributed by atoms with Gasteiger partial charge in [-0.15, -0.1) is 0 Å². The van der Waals surface area contributed by atoms with E-state index in [4.69, 9.17) is 5.11 Å². The van der Waals surface area contributed by atoms with Crippen LogP contribution < -0.4 is 0 Å². The van der Waals surface area contributed by atoms with Crippen LogP contribution in [0.3, 0.4) is 0 Å². The number of hydrogen-bond acceptors (Lipinski definition) is 3. The summed E-state index contributed by atoms with van der Waals surface area (Å²) in [5, 5.41) is 16.7. The van der Waals surface area contributed by atoms with Crippen LogP contribution in [-0.2, 0) is 0 Å². The molecule has 0 radical (unpaired) electrons. The Morgan fingerprint density at radius 1 is 1.50 bits per heavy atom. The molecule has 2 rings (SSSR count). The van der Waals surface area contributed by atoms with Gasteiger partial charge in [-0.25, -0.2) is 0 Å². The standard InChI is InChI=1S/C5H8N2O/c8-4-2-1-3-5(4)6-7-5/h4,8H,1-3H2. The first-order chi connectivity index (χ1) is 3.83. The Kier molecular flexibility index (Phi) is 0.612. The van der Waals surface area contributed by atoms with E-state index >= 15 is 0 Å². The Bertz CT molecular complexity index is 137. The van der Waals surface area contributed by atoms with Crippen LogP contribution in [0.2, 0.25) is 0 Å². The fourth-order valence-corrected chi connectivity index (χ4v) is 1.25. The Morgan fingerprint density at radius 2 is 2.25 bits per heavy atom. The van der Waals surface area contributed by atoms with Crippen LogP contribution in [0.5, 0.6) is 0 Å². The summed E-state index contributed by atoms with van der Waals surface area (Å²) >= 11 is 0. The summed E-state index contributed by atoms with van der Waals surface area (Å²) in [5.74, 6) is 0. The molecule has 2 aliphatic rings. The number of aliphatic hydroxyl groups excluding tert-OH is 1. The van der Waals surface area contributed by atoms with Crippen LogP contribution in [0.1, 0.15) is 19.3 Å². The van der Waals surface area contributed by atoms with Gasteiger partial charge in [0.2, 0.25) is 5.66 Å². The molecule has 0 aromatic carbocycles. The zero-order valence-corrected chi connectivity index (χ0v) is 4.54. The van der Waals surface area contributed by atoms with Gasteiger partial charge in [0.05, 0.1) is 0 Å². The molecule has 1 saturated carbocycles. The molecule has 0 aromatic heterocycles. The highest BCUT2D eigenvalue weighted by molar-refractivity contribution is 5.03. The predicted molar refractivity (Wildman–Crippen MR) is 27.4 cm³/mol. The normalized spacial score (nSPS) is 38.9. The Hall–Kier alpha value is -0.440. The fraction of sp³-hybridized carbons (Fsp3) is 1.00. The molecule has 0 bridgehead atoms. The highest BCUT2D eigenvalue weighted by Gasteiger charge is 2.50. The third-order valence-electron chi connectivity index (χ3n) is 1.91. The molecule has 1 heterocycles. The van der Waals surface area contributed by atoms with E-state index in [1.165, 1.54) is 0 Å². The third kappa shape index (κ3) is 0.375. The highest BCUT2D eigenvalue weighted by atomic mass is 16.3. The molecule has 1 fully saturated rings. The summed E-state index contributed by atoms with van der Waals surface area (Å²) in [5.41, 5.74) is -0.292. The van der Waals surface area contributed by atoms with Crippen molar-refractivity contribution in [2.45, 2.75) is 31.0 Å². The lowest BCUT2D eigenvalue weighted by molar-refractivity contribution is 0.147. The average molecular weight is 112 g/mol. The summed E-state index contributed by atoms with van der Waals surface area (Å²) in [6, 6.07) is 0. The molecular weight excluding hydrogens is 104 g/mol. The van der Waals surface area contributed by atoms with Crippen molar-refractivity contribution in [3.8, 4) is 0 Å². The Balaban J connectivity index is 2.14. The first kappa shape index (κ1) is 4.44. The van der Waals surface area contributed by atoms with E-state index in [-0.39, 0.29) is 11.8 Å². The largest absolute Gasteiger partial charge is 0.388 e. The van der Waals surface area contributed by atoms with Crippen molar-refractivity contribution >= 4 is 0 Å². The third-order valence-corrected chi connectivity index (χ3v) is 1.91. The van der Waals surface area contributed by atoms with E-state index in [0.717, 1.165) is 19.3 Å². The lowest BCUT2D eigenvalue weighted by atomic mass is 10.2. The maximum Gasteiger partial charge on any atom is 0.216 e. The molecule has 3 heteroatoms.